The van der Waals surface area contributed by atoms with Gasteiger partial charge in [0, 0.05) is 58.5 Å². The second-order valence-electron chi connectivity index (χ2n) is 7.60. The molecule has 0 aromatic heterocycles. The van der Waals surface area contributed by atoms with Crippen molar-refractivity contribution < 1.29 is 14.3 Å². The minimum atomic E-state index is -1.22. The molecular formula is C24H21BrN2O3. The van der Waals surface area contributed by atoms with Gasteiger partial charge in [0.15, 0.2) is 0 Å². The Morgan fingerprint density at radius 2 is 1.73 bits per heavy atom. The molecule has 2 aliphatic rings. The number of carbonyl (C=O) groups is 1. The van der Waals surface area contributed by atoms with E-state index in [1.165, 1.54) is 0 Å². The van der Waals surface area contributed by atoms with Crippen LogP contribution in [-0.2, 0) is 0 Å². The van der Waals surface area contributed by atoms with E-state index < -0.39 is 5.97 Å². The van der Waals surface area contributed by atoms with E-state index in [1.54, 1.807) is 6.07 Å². The van der Waals surface area contributed by atoms with Gasteiger partial charge in [-0.1, -0.05) is 22.0 Å². The lowest BCUT2D eigenvalue weighted by molar-refractivity contribution is -0.254. The van der Waals surface area contributed by atoms with Crippen LogP contribution in [0.25, 0.3) is 33.4 Å². The predicted octanol–water partition coefficient (Wildman–Crippen LogP) is 3.43. The van der Waals surface area contributed by atoms with Gasteiger partial charge >= 0.3 is 0 Å². The Bertz CT molecular complexity index is 1330. The van der Waals surface area contributed by atoms with Gasteiger partial charge in [-0.15, -0.1) is 0 Å². The third kappa shape index (κ3) is 3.48. The zero-order chi connectivity index (χ0) is 21.6. The van der Waals surface area contributed by atoms with E-state index in [-0.39, 0.29) is 5.56 Å². The highest BCUT2D eigenvalue weighted by atomic mass is 79.9. The summed E-state index contributed by atoms with van der Waals surface area (Å²) in [4.78, 5) is 13.9. The number of benzene rings is 3. The molecule has 4 rings (SSSR count). The summed E-state index contributed by atoms with van der Waals surface area (Å²) >= 11 is 3.37. The summed E-state index contributed by atoms with van der Waals surface area (Å²) in [7, 11) is 7.87. The summed E-state index contributed by atoms with van der Waals surface area (Å²) in [6.45, 7) is 0. The SMILES string of the molecule is CN(C)c1ccc2c(-c3ccc(Br)cc3C(=O)[O-])c3ccc(=[N+](C)C)cc-3oc2c1. The van der Waals surface area contributed by atoms with Crippen LogP contribution in [0.3, 0.4) is 0 Å². The molecule has 1 heterocycles. The van der Waals surface area contributed by atoms with Gasteiger partial charge in [0.2, 0.25) is 5.36 Å². The van der Waals surface area contributed by atoms with E-state index in [4.69, 9.17) is 4.42 Å². The summed E-state index contributed by atoms with van der Waals surface area (Å²) < 4.78 is 8.97. The Labute approximate surface area is 183 Å². The molecule has 0 N–H and O–H groups in total. The third-order valence-corrected chi connectivity index (χ3v) is 5.69. The molecule has 2 aromatic rings. The van der Waals surface area contributed by atoms with Crippen molar-refractivity contribution in [1.29, 1.82) is 0 Å². The van der Waals surface area contributed by atoms with Gasteiger partial charge in [0.25, 0.3) is 0 Å². The molecule has 0 fully saturated rings. The molecule has 0 radical (unpaired) electrons. The van der Waals surface area contributed by atoms with Crippen molar-refractivity contribution >= 4 is 38.6 Å². The van der Waals surface area contributed by atoms with Gasteiger partial charge in [-0.2, -0.15) is 0 Å². The fourth-order valence-corrected chi connectivity index (χ4v) is 3.98. The van der Waals surface area contributed by atoms with Gasteiger partial charge in [-0.25, -0.2) is 4.58 Å². The number of aromatic carboxylic acids is 1. The molecule has 6 heteroatoms. The summed E-state index contributed by atoms with van der Waals surface area (Å²) in [5.74, 6) is -0.532. The maximum atomic E-state index is 11.9. The summed E-state index contributed by atoms with van der Waals surface area (Å²) in [6.07, 6.45) is 0. The van der Waals surface area contributed by atoms with Gasteiger partial charge in [0.1, 0.15) is 25.4 Å². The maximum Gasteiger partial charge on any atom is 0.203 e. The Kier molecular flexibility index (Phi) is 5.12. The molecular weight excluding hydrogens is 444 g/mol. The van der Waals surface area contributed by atoms with Crippen LogP contribution in [0.5, 0.6) is 0 Å². The first kappa shape index (κ1) is 20.2. The summed E-state index contributed by atoms with van der Waals surface area (Å²) in [5, 5.41) is 13.8. The fraction of sp³-hybridized carbons (Fsp3) is 0.167. The van der Waals surface area contributed by atoms with E-state index in [0.29, 0.717) is 21.4 Å². The molecule has 0 saturated carbocycles. The van der Waals surface area contributed by atoms with Crippen molar-refractivity contribution in [2.45, 2.75) is 0 Å². The number of carboxylic acids is 1. The van der Waals surface area contributed by atoms with E-state index in [2.05, 4.69) is 15.9 Å². The standard InChI is InChI=1S/C24H21BrN2O3/c1-26(2)15-6-9-18-21(12-15)30-22-13-16(27(3)4)7-10-19(22)23(18)17-8-5-14(25)11-20(17)24(28)29/h5-13H,1-4H3. The molecule has 0 saturated heterocycles. The molecule has 1 aliphatic heterocycles. The molecule has 2 aromatic carbocycles. The Morgan fingerprint density at radius 3 is 2.40 bits per heavy atom. The molecule has 0 spiro atoms. The number of fused-ring (bicyclic) bond motifs is 2. The number of carbonyl (C=O) groups excluding carboxylic acids is 1. The number of rotatable bonds is 3. The van der Waals surface area contributed by atoms with Gasteiger partial charge in [-0.3, -0.25) is 0 Å². The lowest BCUT2D eigenvalue weighted by Gasteiger charge is -2.20. The van der Waals surface area contributed by atoms with Crippen molar-refractivity contribution in [2.75, 3.05) is 33.1 Å². The van der Waals surface area contributed by atoms with E-state index >= 15 is 0 Å². The van der Waals surface area contributed by atoms with Crippen LogP contribution in [0.1, 0.15) is 10.4 Å². The first-order chi connectivity index (χ1) is 14.3. The third-order valence-electron chi connectivity index (χ3n) is 5.19. The molecule has 0 amide bonds. The minimum absolute atomic E-state index is 0.131. The smallest absolute Gasteiger partial charge is 0.203 e. The summed E-state index contributed by atoms with van der Waals surface area (Å²) in [6, 6.07) is 17.1. The lowest BCUT2D eigenvalue weighted by atomic mass is 9.90. The topological polar surface area (TPSA) is 59.5 Å². The van der Waals surface area contributed by atoms with Gasteiger partial charge in [-0.05, 0) is 35.9 Å². The van der Waals surface area contributed by atoms with Crippen LogP contribution in [0.2, 0.25) is 0 Å². The molecule has 5 nitrogen and oxygen atoms in total. The number of carboxylic acid groups (broad SMARTS) is 1. The second kappa shape index (κ2) is 7.61. The van der Waals surface area contributed by atoms with Crippen LogP contribution < -0.4 is 19.9 Å². The molecule has 152 valence electrons. The number of anilines is 1. The minimum Gasteiger partial charge on any atom is -0.545 e. The quantitative estimate of drug-likeness (QED) is 0.344. The van der Waals surface area contributed by atoms with Crippen LogP contribution in [0, 0.1) is 0 Å². The highest BCUT2D eigenvalue weighted by Gasteiger charge is 2.21. The van der Waals surface area contributed by atoms with Crippen molar-refractivity contribution in [3.63, 3.8) is 0 Å². The van der Waals surface area contributed by atoms with Crippen molar-refractivity contribution in [1.82, 2.24) is 4.58 Å². The normalized spacial score (nSPS) is 11.1. The van der Waals surface area contributed by atoms with Crippen LogP contribution in [-0.4, -0.2) is 34.2 Å². The Morgan fingerprint density at radius 1 is 1.00 bits per heavy atom. The largest absolute Gasteiger partial charge is 0.545 e. The Hall–Kier alpha value is -3.12. The number of nitrogens with zero attached hydrogens (tertiary/aromatic N) is 2. The molecule has 0 atom stereocenters. The zero-order valence-electron chi connectivity index (χ0n) is 17.2. The average Bonchev–Trinajstić information content (AvgIpc) is 2.71. The van der Waals surface area contributed by atoms with Crippen molar-refractivity contribution in [2.24, 2.45) is 0 Å². The number of halogens is 1. The highest BCUT2D eigenvalue weighted by molar-refractivity contribution is 9.10. The van der Waals surface area contributed by atoms with E-state index in [9.17, 15) is 9.90 Å². The first-order valence-corrected chi connectivity index (χ1v) is 10.2. The first-order valence-electron chi connectivity index (χ1n) is 9.46. The lowest BCUT2D eigenvalue weighted by Crippen LogP contribution is -2.23. The second-order valence-corrected chi connectivity index (χ2v) is 8.52. The number of hydrogen-bond acceptors (Lipinski definition) is 4. The molecule has 30 heavy (non-hydrogen) atoms. The monoisotopic (exact) mass is 464 g/mol. The maximum absolute atomic E-state index is 11.9. The summed E-state index contributed by atoms with van der Waals surface area (Å²) in [5.41, 5.74) is 4.07. The van der Waals surface area contributed by atoms with E-state index in [0.717, 1.165) is 27.6 Å². The average molecular weight is 465 g/mol. The van der Waals surface area contributed by atoms with Crippen molar-refractivity contribution in [3.05, 3.63) is 70.0 Å². The zero-order valence-corrected chi connectivity index (χ0v) is 18.8. The van der Waals surface area contributed by atoms with Gasteiger partial charge < -0.3 is 19.2 Å². The van der Waals surface area contributed by atoms with Crippen LogP contribution in [0.15, 0.2) is 63.5 Å². The predicted molar refractivity (Wildman–Crippen MR) is 122 cm³/mol. The van der Waals surface area contributed by atoms with Crippen LogP contribution in [0.4, 0.5) is 5.69 Å². The highest BCUT2D eigenvalue weighted by Crippen LogP contribution is 2.42. The molecule has 0 bridgehead atoms. The fourth-order valence-electron chi connectivity index (χ4n) is 3.62. The molecule has 1 aliphatic carbocycles. The Balaban J connectivity index is 2.19. The van der Waals surface area contributed by atoms with Gasteiger partial charge in [0.05, 0.1) is 12.0 Å². The van der Waals surface area contributed by atoms with Crippen LogP contribution >= 0.6 is 15.9 Å². The van der Waals surface area contributed by atoms with Crippen molar-refractivity contribution in [3.8, 4) is 22.5 Å². The number of hydrogen-bond donors (Lipinski definition) is 0. The molecule has 0 unspecified atom stereocenters. The van der Waals surface area contributed by atoms with E-state index in [1.807, 2.05) is 86.2 Å².